The molecule has 2 nitrogen and oxygen atoms in total. The van der Waals surface area contributed by atoms with Crippen LogP contribution in [0.2, 0.25) is 0 Å². The molecule has 88 valence electrons. The lowest BCUT2D eigenvalue weighted by Crippen LogP contribution is -2.30. The van der Waals surface area contributed by atoms with Crippen LogP contribution in [0.1, 0.15) is 18.4 Å². The molecular weight excluding hydrogens is 203 g/mol. The van der Waals surface area contributed by atoms with Gasteiger partial charge < -0.3 is 5.73 Å². The molecule has 0 amide bonds. The third-order valence-electron chi connectivity index (χ3n) is 2.98. The van der Waals surface area contributed by atoms with Crippen molar-refractivity contribution in [1.29, 1.82) is 0 Å². The van der Waals surface area contributed by atoms with Gasteiger partial charge >= 0.3 is 0 Å². The van der Waals surface area contributed by atoms with E-state index >= 15 is 0 Å². The maximum Gasteiger partial charge on any atom is 0.123 e. The number of nitrogens with zero attached hydrogens (tertiary/aromatic N) is 1. The van der Waals surface area contributed by atoms with Crippen molar-refractivity contribution >= 4 is 0 Å². The Bertz CT molecular complexity index is 319. The maximum atomic E-state index is 12.8. The fourth-order valence-electron chi connectivity index (χ4n) is 1.93. The van der Waals surface area contributed by atoms with Crippen LogP contribution in [0.3, 0.4) is 0 Å². The number of hydrogen-bond acceptors (Lipinski definition) is 2. The standard InChI is InChI=1S/C13H19FN2/c14-13-5-3-12(4-6-13)10-16(8-7-15)9-11-1-2-11/h3-6,11H,1-2,7-10,15H2. The van der Waals surface area contributed by atoms with Crippen LogP contribution >= 0.6 is 0 Å². The number of halogens is 1. The van der Waals surface area contributed by atoms with Gasteiger partial charge in [0, 0.05) is 26.2 Å². The molecule has 0 atom stereocenters. The molecule has 0 heterocycles. The predicted molar refractivity (Wildman–Crippen MR) is 63.5 cm³/mol. The Morgan fingerprint density at radius 3 is 2.50 bits per heavy atom. The number of hydrogen-bond donors (Lipinski definition) is 1. The van der Waals surface area contributed by atoms with Gasteiger partial charge in [0.15, 0.2) is 0 Å². The number of benzene rings is 1. The molecule has 1 fully saturated rings. The summed E-state index contributed by atoms with van der Waals surface area (Å²) in [6.07, 6.45) is 2.70. The first-order valence-corrected chi connectivity index (χ1v) is 5.95. The first-order chi connectivity index (χ1) is 7.78. The lowest BCUT2D eigenvalue weighted by atomic mass is 10.2. The van der Waals surface area contributed by atoms with Crippen molar-refractivity contribution < 1.29 is 4.39 Å². The second-order valence-electron chi connectivity index (χ2n) is 4.59. The Hall–Kier alpha value is -0.930. The van der Waals surface area contributed by atoms with Gasteiger partial charge in [0.05, 0.1) is 0 Å². The van der Waals surface area contributed by atoms with Crippen LogP contribution in [-0.2, 0) is 6.54 Å². The Labute approximate surface area is 96.2 Å². The smallest absolute Gasteiger partial charge is 0.123 e. The third kappa shape index (κ3) is 3.58. The summed E-state index contributed by atoms with van der Waals surface area (Å²) in [7, 11) is 0. The second-order valence-corrected chi connectivity index (χ2v) is 4.59. The van der Waals surface area contributed by atoms with E-state index in [1.54, 1.807) is 0 Å². The highest BCUT2D eigenvalue weighted by Gasteiger charge is 2.23. The second kappa shape index (κ2) is 5.41. The van der Waals surface area contributed by atoms with E-state index in [-0.39, 0.29) is 5.82 Å². The van der Waals surface area contributed by atoms with E-state index < -0.39 is 0 Å². The van der Waals surface area contributed by atoms with Crippen molar-refractivity contribution in [1.82, 2.24) is 4.90 Å². The van der Waals surface area contributed by atoms with Gasteiger partial charge in [-0.05, 0) is 36.5 Å². The Morgan fingerprint density at radius 1 is 1.25 bits per heavy atom. The summed E-state index contributed by atoms with van der Waals surface area (Å²) in [5, 5.41) is 0. The normalized spacial score (nSPS) is 15.7. The summed E-state index contributed by atoms with van der Waals surface area (Å²) in [5.41, 5.74) is 6.76. The molecule has 3 heteroatoms. The predicted octanol–water partition coefficient (Wildman–Crippen LogP) is 2.00. The van der Waals surface area contributed by atoms with E-state index in [1.165, 1.54) is 25.0 Å². The Kier molecular flexibility index (Phi) is 3.91. The van der Waals surface area contributed by atoms with E-state index in [4.69, 9.17) is 5.73 Å². The van der Waals surface area contributed by atoms with Gasteiger partial charge in [0.2, 0.25) is 0 Å². The molecule has 2 rings (SSSR count). The Balaban J connectivity index is 1.90. The SMILES string of the molecule is NCCN(Cc1ccc(F)cc1)CC1CC1. The van der Waals surface area contributed by atoms with Crippen molar-refractivity contribution in [2.75, 3.05) is 19.6 Å². The van der Waals surface area contributed by atoms with Gasteiger partial charge in [-0.1, -0.05) is 12.1 Å². The summed E-state index contributed by atoms with van der Waals surface area (Å²) in [4.78, 5) is 2.37. The number of nitrogens with two attached hydrogens (primary N) is 1. The zero-order chi connectivity index (χ0) is 11.4. The minimum Gasteiger partial charge on any atom is -0.329 e. The lowest BCUT2D eigenvalue weighted by molar-refractivity contribution is 0.261. The van der Waals surface area contributed by atoms with Gasteiger partial charge in [-0.3, -0.25) is 4.90 Å². The molecule has 2 N–H and O–H groups in total. The fraction of sp³-hybridized carbons (Fsp3) is 0.538. The van der Waals surface area contributed by atoms with Crippen LogP contribution in [-0.4, -0.2) is 24.5 Å². The summed E-state index contributed by atoms with van der Waals surface area (Å²) >= 11 is 0. The van der Waals surface area contributed by atoms with E-state index in [2.05, 4.69) is 4.90 Å². The quantitative estimate of drug-likeness (QED) is 0.797. The average Bonchev–Trinajstić information content (AvgIpc) is 3.06. The average molecular weight is 222 g/mol. The Morgan fingerprint density at radius 2 is 1.94 bits per heavy atom. The molecular formula is C13H19FN2. The molecule has 1 aromatic rings. The molecule has 1 aliphatic carbocycles. The highest BCUT2D eigenvalue weighted by Crippen LogP contribution is 2.30. The summed E-state index contributed by atoms with van der Waals surface area (Å²) < 4.78 is 12.8. The van der Waals surface area contributed by atoms with Crippen LogP contribution in [0.25, 0.3) is 0 Å². The van der Waals surface area contributed by atoms with Crippen LogP contribution in [0.4, 0.5) is 4.39 Å². The van der Waals surface area contributed by atoms with Gasteiger partial charge in [-0.15, -0.1) is 0 Å². The number of rotatable bonds is 6. The van der Waals surface area contributed by atoms with Crippen molar-refractivity contribution in [3.05, 3.63) is 35.6 Å². The molecule has 1 saturated carbocycles. The van der Waals surface area contributed by atoms with Gasteiger partial charge in [0.25, 0.3) is 0 Å². The minimum atomic E-state index is -0.170. The van der Waals surface area contributed by atoms with Gasteiger partial charge in [-0.25, -0.2) is 4.39 Å². The van der Waals surface area contributed by atoms with Crippen LogP contribution in [0, 0.1) is 11.7 Å². The minimum absolute atomic E-state index is 0.170. The summed E-state index contributed by atoms with van der Waals surface area (Å²) in [6, 6.07) is 6.75. The molecule has 0 spiro atoms. The van der Waals surface area contributed by atoms with E-state index in [1.807, 2.05) is 12.1 Å². The van der Waals surface area contributed by atoms with Crippen LogP contribution in [0.5, 0.6) is 0 Å². The van der Waals surface area contributed by atoms with E-state index in [0.717, 1.165) is 31.1 Å². The molecule has 0 saturated heterocycles. The zero-order valence-corrected chi connectivity index (χ0v) is 9.53. The maximum absolute atomic E-state index is 12.8. The molecule has 0 radical (unpaired) electrons. The van der Waals surface area contributed by atoms with Crippen LogP contribution < -0.4 is 5.73 Å². The van der Waals surface area contributed by atoms with E-state index in [9.17, 15) is 4.39 Å². The summed E-state index contributed by atoms with van der Waals surface area (Å²) in [5.74, 6) is 0.698. The van der Waals surface area contributed by atoms with Crippen molar-refractivity contribution in [3.8, 4) is 0 Å². The molecule has 0 aromatic heterocycles. The zero-order valence-electron chi connectivity index (χ0n) is 9.53. The molecule has 0 bridgehead atoms. The molecule has 1 aliphatic rings. The van der Waals surface area contributed by atoms with Gasteiger partial charge in [-0.2, -0.15) is 0 Å². The van der Waals surface area contributed by atoms with Gasteiger partial charge in [0.1, 0.15) is 5.82 Å². The highest BCUT2D eigenvalue weighted by molar-refractivity contribution is 5.15. The monoisotopic (exact) mass is 222 g/mol. The van der Waals surface area contributed by atoms with Crippen molar-refractivity contribution in [3.63, 3.8) is 0 Å². The molecule has 1 aromatic carbocycles. The molecule has 0 unspecified atom stereocenters. The first kappa shape index (κ1) is 11.6. The highest BCUT2D eigenvalue weighted by atomic mass is 19.1. The van der Waals surface area contributed by atoms with Crippen molar-refractivity contribution in [2.24, 2.45) is 11.7 Å². The van der Waals surface area contributed by atoms with Crippen LogP contribution in [0.15, 0.2) is 24.3 Å². The largest absolute Gasteiger partial charge is 0.329 e. The van der Waals surface area contributed by atoms with E-state index in [0.29, 0.717) is 6.54 Å². The summed E-state index contributed by atoms with van der Waals surface area (Å²) in [6.45, 7) is 3.63. The molecule has 0 aliphatic heterocycles. The lowest BCUT2D eigenvalue weighted by Gasteiger charge is -2.21. The topological polar surface area (TPSA) is 29.3 Å². The third-order valence-corrected chi connectivity index (χ3v) is 2.98. The fourth-order valence-corrected chi connectivity index (χ4v) is 1.93. The first-order valence-electron chi connectivity index (χ1n) is 5.95. The van der Waals surface area contributed by atoms with Crippen molar-refractivity contribution in [2.45, 2.75) is 19.4 Å². The molecule has 16 heavy (non-hydrogen) atoms.